The van der Waals surface area contributed by atoms with Crippen molar-refractivity contribution in [2.45, 2.75) is 13.1 Å². The molecular formula is C19H15F3N4O2. The first-order chi connectivity index (χ1) is 13.3. The first-order valence-electron chi connectivity index (χ1n) is 8.15. The maximum atomic E-state index is 12.3. The number of hydrazone groups is 1. The Bertz CT molecular complexity index is 1050. The molecule has 2 amide bonds. The van der Waals surface area contributed by atoms with Crippen LogP contribution in [-0.4, -0.2) is 28.7 Å². The maximum Gasteiger partial charge on any atom is 0.471 e. The average Bonchev–Trinajstić information content (AvgIpc) is 3.10. The van der Waals surface area contributed by atoms with Crippen molar-refractivity contribution < 1.29 is 22.8 Å². The number of H-pyrrole nitrogens is 1. The van der Waals surface area contributed by atoms with Gasteiger partial charge in [0, 0.05) is 22.8 Å². The summed E-state index contributed by atoms with van der Waals surface area (Å²) in [5.74, 6) is -2.44. The average molecular weight is 388 g/mol. The smallest absolute Gasteiger partial charge is 0.360 e. The minimum atomic E-state index is -4.96. The largest absolute Gasteiger partial charge is 0.471 e. The van der Waals surface area contributed by atoms with Crippen molar-refractivity contribution in [3.05, 3.63) is 65.9 Å². The van der Waals surface area contributed by atoms with Crippen molar-refractivity contribution in [2.75, 3.05) is 5.32 Å². The molecule has 0 unspecified atom stereocenters. The van der Waals surface area contributed by atoms with Gasteiger partial charge in [-0.25, -0.2) is 5.43 Å². The van der Waals surface area contributed by atoms with E-state index in [-0.39, 0.29) is 5.69 Å². The van der Waals surface area contributed by atoms with E-state index in [9.17, 15) is 22.8 Å². The van der Waals surface area contributed by atoms with Gasteiger partial charge in [-0.15, -0.1) is 0 Å². The number of nitrogens with one attached hydrogen (secondary N) is 3. The number of halogens is 3. The van der Waals surface area contributed by atoms with Gasteiger partial charge in [0.05, 0.1) is 11.3 Å². The van der Waals surface area contributed by atoms with Crippen molar-refractivity contribution in [1.82, 2.24) is 10.4 Å². The van der Waals surface area contributed by atoms with E-state index in [1.165, 1.54) is 24.3 Å². The number of carbonyl (C=O) groups is 2. The first-order valence-corrected chi connectivity index (χ1v) is 8.15. The lowest BCUT2D eigenvalue weighted by molar-refractivity contribution is -0.167. The Hall–Kier alpha value is -3.62. The highest BCUT2D eigenvalue weighted by molar-refractivity contribution is 6.07. The molecule has 0 spiro atoms. The Morgan fingerprint density at radius 1 is 1.04 bits per heavy atom. The molecule has 0 bridgehead atoms. The standard InChI is InChI=1S/C19H15F3N4O2/c1-11(12-6-8-13(9-7-12)24-18(28)19(20,21)22)25-26-17(27)15-10-23-16-5-3-2-4-14(15)16/h2-10,23H,1H3,(H,24,28)(H,26,27)/b25-11-. The topological polar surface area (TPSA) is 86.3 Å². The lowest BCUT2D eigenvalue weighted by Gasteiger charge is -2.08. The van der Waals surface area contributed by atoms with Gasteiger partial charge in [-0.3, -0.25) is 9.59 Å². The van der Waals surface area contributed by atoms with Crippen LogP contribution in [0.2, 0.25) is 0 Å². The number of hydrogen-bond acceptors (Lipinski definition) is 3. The molecule has 28 heavy (non-hydrogen) atoms. The van der Waals surface area contributed by atoms with Gasteiger partial charge in [-0.1, -0.05) is 30.3 Å². The number of aromatic nitrogens is 1. The Labute approximate surface area is 157 Å². The van der Waals surface area contributed by atoms with E-state index in [2.05, 4.69) is 15.5 Å². The van der Waals surface area contributed by atoms with E-state index >= 15 is 0 Å². The summed E-state index contributed by atoms with van der Waals surface area (Å²) < 4.78 is 36.8. The Morgan fingerprint density at radius 2 is 1.71 bits per heavy atom. The molecular weight excluding hydrogens is 373 g/mol. The van der Waals surface area contributed by atoms with Crippen molar-refractivity contribution >= 4 is 34.1 Å². The Morgan fingerprint density at radius 3 is 2.39 bits per heavy atom. The Balaban J connectivity index is 1.68. The molecule has 3 rings (SSSR count). The zero-order valence-corrected chi connectivity index (χ0v) is 14.6. The SMILES string of the molecule is C/C(=N/NC(=O)c1c[nH]c2ccccc12)c1ccc(NC(=O)C(F)(F)F)cc1. The van der Waals surface area contributed by atoms with Crippen LogP contribution in [0.1, 0.15) is 22.8 Å². The third kappa shape index (κ3) is 4.20. The zero-order valence-electron chi connectivity index (χ0n) is 14.6. The molecule has 3 N–H and O–H groups in total. The van der Waals surface area contributed by atoms with Crippen LogP contribution in [0.4, 0.5) is 18.9 Å². The number of benzene rings is 2. The van der Waals surface area contributed by atoms with E-state index in [0.717, 1.165) is 10.9 Å². The van der Waals surface area contributed by atoms with Crippen LogP contribution in [0.25, 0.3) is 10.9 Å². The number of amides is 2. The molecule has 0 aliphatic rings. The number of nitrogens with zero attached hydrogens (tertiary/aromatic N) is 1. The molecule has 0 radical (unpaired) electrons. The number of aromatic amines is 1. The van der Waals surface area contributed by atoms with E-state index in [4.69, 9.17) is 0 Å². The summed E-state index contributed by atoms with van der Waals surface area (Å²) in [4.78, 5) is 26.3. The molecule has 0 aliphatic carbocycles. The van der Waals surface area contributed by atoms with Gasteiger partial charge < -0.3 is 10.3 Å². The summed E-state index contributed by atoms with van der Waals surface area (Å²) in [6.45, 7) is 1.64. The molecule has 0 aliphatic heterocycles. The zero-order chi connectivity index (χ0) is 20.3. The summed E-state index contributed by atoms with van der Waals surface area (Å²) >= 11 is 0. The van der Waals surface area contributed by atoms with E-state index in [0.29, 0.717) is 16.8 Å². The molecule has 0 saturated carbocycles. The lowest BCUT2D eigenvalue weighted by Crippen LogP contribution is -2.29. The third-order valence-corrected chi connectivity index (χ3v) is 3.98. The predicted octanol–water partition coefficient (Wildman–Crippen LogP) is 3.82. The molecule has 2 aromatic carbocycles. The van der Waals surface area contributed by atoms with Crippen LogP contribution in [0.15, 0.2) is 59.8 Å². The quantitative estimate of drug-likeness (QED) is 0.469. The summed E-state index contributed by atoms with van der Waals surface area (Å²) in [6.07, 6.45) is -3.37. The van der Waals surface area contributed by atoms with Gasteiger partial charge in [-0.2, -0.15) is 18.3 Å². The van der Waals surface area contributed by atoms with Crippen molar-refractivity contribution in [1.29, 1.82) is 0 Å². The number of fused-ring (bicyclic) bond motifs is 1. The van der Waals surface area contributed by atoms with Gasteiger partial charge >= 0.3 is 12.1 Å². The summed E-state index contributed by atoms with van der Waals surface area (Å²) in [7, 11) is 0. The molecule has 1 heterocycles. The van der Waals surface area contributed by atoms with Crippen LogP contribution < -0.4 is 10.7 Å². The van der Waals surface area contributed by atoms with E-state index in [1.807, 2.05) is 24.3 Å². The second-order valence-electron chi connectivity index (χ2n) is 5.92. The summed E-state index contributed by atoms with van der Waals surface area (Å²) in [5.41, 5.74) is 4.74. The first kappa shape index (κ1) is 19.2. The van der Waals surface area contributed by atoms with Gasteiger partial charge in [0.1, 0.15) is 0 Å². The normalized spacial score (nSPS) is 12.1. The second-order valence-corrected chi connectivity index (χ2v) is 5.92. The fourth-order valence-corrected chi connectivity index (χ4v) is 2.52. The van der Waals surface area contributed by atoms with Crippen LogP contribution in [0.3, 0.4) is 0 Å². The number of hydrogen-bond donors (Lipinski definition) is 3. The maximum absolute atomic E-state index is 12.3. The lowest BCUT2D eigenvalue weighted by atomic mass is 10.1. The molecule has 144 valence electrons. The molecule has 1 aromatic heterocycles. The van der Waals surface area contributed by atoms with Gasteiger partial charge in [0.2, 0.25) is 0 Å². The second kappa shape index (κ2) is 7.55. The third-order valence-electron chi connectivity index (χ3n) is 3.98. The number of para-hydroxylation sites is 1. The molecule has 0 saturated heterocycles. The van der Waals surface area contributed by atoms with Gasteiger partial charge in [-0.05, 0) is 30.7 Å². The number of alkyl halides is 3. The highest BCUT2D eigenvalue weighted by Gasteiger charge is 2.38. The summed E-state index contributed by atoms with van der Waals surface area (Å²) in [5, 5.41) is 6.54. The van der Waals surface area contributed by atoms with Gasteiger partial charge in [0.15, 0.2) is 0 Å². The molecule has 0 atom stereocenters. The molecule has 6 nitrogen and oxygen atoms in total. The van der Waals surface area contributed by atoms with Gasteiger partial charge in [0.25, 0.3) is 5.91 Å². The van der Waals surface area contributed by atoms with Crippen molar-refractivity contribution in [2.24, 2.45) is 5.10 Å². The molecule has 0 fully saturated rings. The van der Waals surface area contributed by atoms with Crippen LogP contribution in [-0.2, 0) is 4.79 Å². The minimum Gasteiger partial charge on any atom is -0.360 e. The molecule has 9 heteroatoms. The van der Waals surface area contributed by atoms with E-state index < -0.39 is 18.0 Å². The fourth-order valence-electron chi connectivity index (χ4n) is 2.52. The fraction of sp³-hybridized carbons (Fsp3) is 0.105. The summed E-state index contributed by atoms with van der Waals surface area (Å²) in [6, 6.07) is 12.9. The molecule has 3 aromatic rings. The highest BCUT2D eigenvalue weighted by atomic mass is 19.4. The number of anilines is 1. The monoisotopic (exact) mass is 388 g/mol. The number of carbonyl (C=O) groups excluding carboxylic acids is 2. The van der Waals surface area contributed by atoms with Crippen molar-refractivity contribution in [3.63, 3.8) is 0 Å². The van der Waals surface area contributed by atoms with E-state index in [1.54, 1.807) is 18.4 Å². The number of rotatable bonds is 4. The van der Waals surface area contributed by atoms with Crippen LogP contribution in [0.5, 0.6) is 0 Å². The highest BCUT2D eigenvalue weighted by Crippen LogP contribution is 2.19. The van der Waals surface area contributed by atoms with Crippen molar-refractivity contribution in [3.8, 4) is 0 Å². The van der Waals surface area contributed by atoms with Crippen LogP contribution >= 0.6 is 0 Å². The Kier molecular flexibility index (Phi) is 5.16. The minimum absolute atomic E-state index is 0.00158. The van der Waals surface area contributed by atoms with Crippen LogP contribution in [0, 0.1) is 0 Å². The predicted molar refractivity (Wildman–Crippen MR) is 99.1 cm³/mol.